The highest BCUT2D eigenvalue weighted by Crippen LogP contribution is 2.36. The van der Waals surface area contributed by atoms with Crippen LogP contribution in [0.15, 0.2) is 29.2 Å². The second-order valence-corrected chi connectivity index (χ2v) is 7.59. The van der Waals surface area contributed by atoms with E-state index < -0.39 is 9.84 Å². The van der Waals surface area contributed by atoms with Gasteiger partial charge in [-0.25, -0.2) is 8.42 Å². The van der Waals surface area contributed by atoms with Crippen LogP contribution in [0.3, 0.4) is 0 Å². The number of hydrogen-bond donors (Lipinski definition) is 1. The van der Waals surface area contributed by atoms with E-state index in [-0.39, 0.29) is 5.75 Å². The van der Waals surface area contributed by atoms with Crippen LogP contribution in [0.25, 0.3) is 0 Å². The third-order valence-electron chi connectivity index (χ3n) is 3.74. The summed E-state index contributed by atoms with van der Waals surface area (Å²) in [6.45, 7) is 4.97. The van der Waals surface area contributed by atoms with Gasteiger partial charge in [-0.05, 0) is 43.2 Å². The fraction of sp³-hybridized carbons (Fsp3) is 0.600. The van der Waals surface area contributed by atoms with E-state index in [2.05, 4.69) is 12.2 Å². The Kier molecular flexibility index (Phi) is 4.50. The van der Waals surface area contributed by atoms with E-state index in [4.69, 9.17) is 0 Å². The lowest BCUT2D eigenvalue weighted by atomic mass is 10.1. The quantitative estimate of drug-likeness (QED) is 0.834. The first-order valence-corrected chi connectivity index (χ1v) is 8.75. The molecule has 1 aromatic rings. The molecule has 1 aliphatic carbocycles. The van der Waals surface area contributed by atoms with Crippen LogP contribution >= 0.6 is 0 Å². The molecular weight excluding hydrogens is 258 g/mol. The summed E-state index contributed by atoms with van der Waals surface area (Å²) >= 11 is 0. The smallest absolute Gasteiger partial charge is 0.180 e. The number of para-hydroxylation sites is 1. The van der Waals surface area contributed by atoms with Gasteiger partial charge in [-0.3, -0.25) is 0 Å². The van der Waals surface area contributed by atoms with E-state index in [1.807, 2.05) is 19.1 Å². The van der Waals surface area contributed by atoms with E-state index in [0.29, 0.717) is 17.2 Å². The number of hydrogen-bond acceptors (Lipinski definition) is 3. The second-order valence-electron chi connectivity index (χ2n) is 5.51. The molecule has 1 unspecified atom stereocenters. The van der Waals surface area contributed by atoms with E-state index >= 15 is 0 Å². The maximum absolute atomic E-state index is 12.2. The Morgan fingerprint density at radius 2 is 2.00 bits per heavy atom. The van der Waals surface area contributed by atoms with Crippen molar-refractivity contribution in [1.29, 1.82) is 0 Å². The van der Waals surface area contributed by atoms with E-state index in [1.54, 1.807) is 12.1 Å². The molecular formula is C15H23NO2S. The molecule has 1 atom stereocenters. The molecule has 0 bridgehead atoms. The van der Waals surface area contributed by atoms with Gasteiger partial charge >= 0.3 is 0 Å². The Hall–Kier alpha value is -1.03. The fourth-order valence-electron chi connectivity index (χ4n) is 2.37. The monoisotopic (exact) mass is 281 g/mol. The highest BCUT2D eigenvalue weighted by Gasteiger charge is 2.27. The molecule has 4 heteroatoms. The zero-order valence-electron chi connectivity index (χ0n) is 11.7. The van der Waals surface area contributed by atoms with Gasteiger partial charge in [0.15, 0.2) is 9.84 Å². The maximum Gasteiger partial charge on any atom is 0.180 e. The zero-order valence-corrected chi connectivity index (χ0v) is 12.5. The van der Waals surface area contributed by atoms with Crippen molar-refractivity contribution in [3.8, 4) is 0 Å². The van der Waals surface area contributed by atoms with Crippen LogP contribution in [0, 0.1) is 11.8 Å². The lowest BCUT2D eigenvalue weighted by Gasteiger charge is -2.15. The summed E-state index contributed by atoms with van der Waals surface area (Å²) in [6, 6.07) is 7.24. The summed E-state index contributed by atoms with van der Waals surface area (Å²) in [7, 11) is -3.16. The average molecular weight is 281 g/mol. The van der Waals surface area contributed by atoms with Gasteiger partial charge in [0.25, 0.3) is 0 Å². The van der Waals surface area contributed by atoms with Gasteiger partial charge in [-0.15, -0.1) is 0 Å². The van der Waals surface area contributed by atoms with Crippen LogP contribution in [-0.2, 0) is 9.84 Å². The number of rotatable bonds is 7. The van der Waals surface area contributed by atoms with E-state index in [1.165, 1.54) is 12.8 Å². The summed E-state index contributed by atoms with van der Waals surface area (Å²) in [5, 5.41) is 3.32. The third kappa shape index (κ3) is 3.72. The van der Waals surface area contributed by atoms with Gasteiger partial charge in [-0.2, -0.15) is 0 Å². The van der Waals surface area contributed by atoms with Crippen molar-refractivity contribution in [3.05, 3.63) is 24.3 Å². The highest BCUT2D eigenvalue weighted by molar-refractivity contribution is 7.91. The molecule has 106 valence electrons. The minimum Gasteiger partial charge on any atom is -0.384 e. The molecule has 1 fully saturated rings. The Labute approximate surface area is 116 Å². The van der Waals surface area contributed by atoms with Crippen molar-refractivity contribution < 1.29 is 8.42 Å². The Bertz CT molecular complexity index is 521. The fourth-order valence-corrected chi connectivity index (χ4v) is 3.88. The minimum atomic E-state index is -3.16. The number of sulfone groups is 1. The first kappa shape index (κ1) is 14.4. The maximum atomic E-state index is 12.2. The molecule has 2 rings (SSSR count). The van der Waals surface area contributed by atoms with Gasteiger partial charge in [-0.1, -0.05) is 26.0 Å². The molecule has 0 radical (unpaired) electrons. The molecule has 19 heavy (non-hydrogen) atoms. The SMILES string of the molecule is CCCS(=O)(=O)c1ccccc1NCC(C)C1CC1. The minimum absolute atomic E-state index is 0.212. The molecule has 1 N–H and O–H groups in total. The summed E-state index contributed by atoms with van der Waals surface area (Å²) in [5.41, 5.74) is 0.753. The number of nitrogens with one attached hydrogen (secondary N) is 1. The zero-order chi connectivity index (χ0) is 13.9. The van der Waals surface area contributed by atoms with Gasteiger partial charge < -0.3 is 5.32 Å². The molecule has 0 saturated heterocycles. The van der Waals surface area contributed by atoms with Gasteiger partial charge in [0.05, 0.1) is 16.3 Å². The lowest BCUT2D eigenvalue weighted by Crippen LogP contribution is -2.16. The first-order chi connectivity index (χ1) is 9.04. The predicted octanol–water partition coefficient (Wildman–Crippen LogP) is 3.33. The normalized spacial score (nSPS) is 17.2. The van der Waals surface area contributed by atoms with Gasteiger partial charge in [0.2, 0.25) is 0 Å². The Morgan fingerprint density at radius 3 is 2.63 bits per heavy atom. The van der Waals surface area contributed by atoms with Crippen molar-refractivity contribution in [2.24, 2.45) is 11.8 Å². The summed E-state index contributed by atoms with van der Waals surface area (Å²) in [6.07, 6.45) is 3.28. The van der Waals surface area contributed by atoms with Crippen LogP contribution in [0.2, 0.25) is 0 Å². The standard InChI is InChI=1S/C15H23NO2S/c1-3-10-19(17,18)15-7-5-4-6-14(15)16-11-12(2)13-8-9-13/h4-7,12-13,16H,3,8-11H2,1-2H3. The molecule has 0 heterocycles. The third-order valence-corrected chi connectivity index (χ3v) is 5.71. The van der Waals surface area contributed by atoms with Crippen molar-refractivity contribution >= 4 is 15.5 Å². The molecule has 1 aromatic carbocycles. The van der Waals surface area contributed by atoms with E-state index in [0.717, 1.165) is 18.2 Å². The van der Waals surface area contributed by atoms with Crippen LogP contribution < -0.4 is 5.32 Å². The molecule has 0 amide bonds. The van der Waals surface area contributed by atoms with Crippen molar-refractivity contribution in [2.75, 3.05) is 17.6 Å². The Balaban J connectivity index is 2.11. The van der Waals surface area contributed by atoms with Crippen LogP contribution in [0.1, 0.15) is 33.1 Å². The molecule has 1 aliphatic rings. The second kappa shape index (κ2) is 5.95. The van der Waals surface area contributed by atoms with Crippen LogP contribution in [0.4, 0.5) is 5.69 Å². The van der Waals surface area contributed by atoms with Crippen molar-refractivity contribution in [2.45, 2.75) is 38.0 Å². The highest BCUT2D eigenvalue weighted by atomic mass is 32.2. The molecule has 3 nitrogen and oxygen atoms in total. The summed E-state index contributed by atoms with van der Waals surface area (Å²) in [5.74, 6) is 1.65. The van der Waals surface area contributed by atoms with Crippen molar-refractivity contribution in [3.63, 3.8) is 0 Å². The number of anilines is 1. The lowest BCUT2D eigenvalue weighted by molar-refractivity contribution is 0.536. The molecule has 1 saturated carbocycles. The van der Waals surface area contributed by atoms with E-state index in [9.17, 15) is 8.42 Å². The molecule has 0 aromatic heterocycles. The number of benzene rings is 1. The average Bonchev–Trinajstić information content (AvgIpc) is 3.20. The van der Waals surface area contributed by atoms with Gasteiger partial charge in [0.1, 0.15) is 0 Å². The first-order valence-electron chi connectivity index (χ1n) is 7.10. The molecule has 0 aliphatic heterocycles. The Morgan fingerprint density at radius 1 is 1.32 bits per heavy atom. The van der Waals surface area contributed by atoms with Crippen LogP contribution in [-0.4, -0.2) is 20.7 Å². The molecule has 0 spiro atoms. The topological polar surface area (TPSA) is 46.2 Å². The van der Waals surface area contributed by atoms with Crippen LogP contribution in [0.5, 0.6) is 0 Å². The summed E-state index contributed by atoms with van der Waals surface area (Å²) < 4.78 is 24.4. The largest absolute Gasteiger partial charge is 0.384 e. The summed E-state index contributed by atoms with van der Waals surface area (Å²) in [4.78, 5) is 0.444. The van der Waals surface area contributed by atoms with Gasteiger partial charge in [0, 0.05) is 6.54 Å². The van der Waals surface area contributed by atoms with Crippen molar-refractivity contribution in [1.82, 2.24) is 0 Å². The predicted molar refractivity (Wildman–Crippen MR) is 79.2 cm³/mol.